The van der Waals surface area contributed by atoms with Gasteiger partial charge in [-0.25, -0.2) is 0 Å². The predicted octanol–water partition coefficient (Wildman–Crippen LogP) is 4.11. The molecule has 29 heavy (non-hydrogen) atoms. The Morgan fingerprint density at radius 1 is 1.24 bits per heavy atom. The number of carbonyl (C=O) groups excluding carboxylic acids is 2. The van der Waals surface area contributed by atoms with Gasteiger partial charge in [-0.05, 0) is 49.8 Å². The molecule has 7 heteroatoms. The quantitative estimate of drug-likeness (QED) is 0.382. The fraction of sp³-hybridized carbons (Fsp3) is 0.364. The van der Waals surface area contributed by atoms with E-state index in [0.717, 1.165) is 23.1 Å². The molecule has 1 aliphatic heterocycles. The molecule has 0 aliphatic carbocycles. The van der Waals surface area contributed by atoms with Crippen LogP contribution in [-0.2, 0) is 9.59 Å². The smallest absolute Gasteiger partial charge is 0.295 e. The molecule has 0 spiro atoms. The topological polar surface area (TPSA) is 74.0 Å². The molecular weight excluding hydrogens is 436 g/mol. The van der Waals surface area contributed by atoms with E-state index < -0.39 is 17.7 Å². The number of Topliss-reactive ketones (excluding diaryl/α,β-unsaturated/α-hetero) is 1. The number of hydrogen-bond donors (Lipinski definition) is 1. The minimum atomic E-state index is -0.746. The number of furan rings is 1. The van der Waals surface area contributed by atoms with Crippen LogP contribution in [0.4, 0.5) is 0 Å². The Labute approximate surface area is 178 Å². The second-order valence-electron chi connectivity index (χ2n) is 7.00. The first-order valence-electron chi connectivity index (χ1n) is 9.69. The minimum absolute atomic E-state index is 0.0613. The highest BCUT2D eigenvalue weighted by atomic mass is 79.9. The Balaban J connectivity index is 2.06. The van der Waals surface area contributed by atoms with Gasteiger partial charge >= 0.3 is 0 Å². The molecule has 1 aromatic carbocycles. The van der Waals surface area contributed by atoms with Crippen LogP contribution in [0, 0.1) is 6.92 Å². The summed E-state index contributed by atoms with van der Waals surface area (Å²) in [6.07, 6.45) is 1.50. The number of aliphatic hydroxyl groups is 1. The van der Waals surface area contributed by atoms with Crippen LogP contribution >= 0.6 is 15.9 Å². The van der Waals surface area contributed by atoms with Crippen LogP contribution < -0.4 is 0 Å². The maximum Gasteiger partial charge on any atom is 0.295 e. The second-order valence-corrected chi connectivity index (χ2v) is 7.85. The maximum atomic E-state index is 12.9. The van der Waals surface area contributed by atoms with Gasteiger partial charge in [-0.1, -0.05) is 35.8 Å². The van der Waals surface area contributed by atoms with Gasteiger partial charge in [-0.2, -0.15) is 0 Å². The lowest BCUT2D eigenvalue weighted by Gasteiger charge is -2.26. The van der Waals surface area contributed by atoms with Crippen molar-refractivity contribution < 1.29 is 19.1 Å². The predicted molar refractivity (Wildman–Crippen MR) is 114 cm³/mol. The van der Waals surface area contributed by atoms with Gasteiger partial charge in [0.25, 0.3) is 11.7 Å². The van der Waals surface area contributed by atoms with E-state index in [0.29, 0.717) is 24.4 Å². The lowest BCUT2D eigenvalue weighted by molar-refractivity contribution is -0.140. The summed E-state index contributed by atoms with van der Waals surface area (Å²) >= 11 is 3.44. The van der Waals surface area contributed by atoms with Crippen molar-refractivity contribution in [2.75, 3.05) is 26.2 Å². The molecule has 154 valence electrons. The fourth-order valence-electron chi connectivity index (χ4n) is 3.59. The summed E-state index contributed by atoms with van der Waals surface area (Å²) in [4.78, 5) is 29.4. The zero-order valence-electron chi connectivity index (χ0n) is 16.8. The van der Waals surface area contributed by atoms with Gasteiger partial charge < -0.3 is 19.3 Å². The number of ketones is 1. The Hall–Kier alpha value is -2.38. The van der Waals surface area contributed by atoms with Gasteiger partial charge in [0.05, 0.1) is 11.8 Å². The van der Waals surface area contributed by atoms with Gasteiger partial charge in [0.15, 0.2) is 0 Å². The summed E-state index contributed by atoms with van der Waals surface area (Å²) in [5.74, 6) is -1.04. The summed E-state index contributed by atoms with van der Waals surface area (Å²) in [5.41, 5.74) is 1.47. The largest absolute Gasteiger partial charge is 0.507 e. The number of halogens is 1. The first-order valence-corrected chi connectivity index (χ1v) is 10.5. The minimum Gasteiger partial charge on any atom is -0.507 e. The van der Waals surface area contributed by atoms with Crippen LogP contribution in [0.3, 0.4) is 0 Å². The molecule has 2 aromatic rings. The van der Waals surface area contributed by atoms with E-state index in [-0.39, 0.29) is 11.3 Å². The van der Waals surface area contributed by atoms with Crippen LogP contribution in [0.2, 0.25) is 0 Å². The van der Waals surface area contributed by atoms with Crippen LogP contribution in [-0.4, -0.2) is 52.8 Å². The highest BCUT2D eigenvalue weighted by Crippen LogP contribution is 2.39. The highest BCUT2D eigenvalue weighted by molar-refractivity contribution is 9.10. The summed E-state index contributed by atoms with van der Waals surface area (Å²) in [6.45, 7) is 8.71. The number of likely N-dealkylation sites (tertiary alicyclic amines) is 1. The Bertz CT molecular complexity index is 932. The van der Waals surface area contributed by atoms with Gasteiger partial charge in [0.2, 0.25) is 0 Å². The molecule has 1 amide bonds. The molecule has 1 aromatic heterocycles. The lowest BCUT2D eigenvalue weighted by Crippen LogP contribution is -2.37. The SMILES string of the molecule is CCN(CC)CCN1C(=O)C(=O)/C(=C(\O)c2ccc(Br)c(C)c2)C1c1ccco1. The number of rotatable bonds is 7. The average molecular weight is 461 g/mol. The van der Waals surface area contributed by atoms with E-state index in [1.807, 2.05) is 13.0 Å². The van der Waals surface area contributed by atoms with Crippen LogP contribution in [0.1, 0.15) is 36.8 Å². The number of aliphatic hydroxyl groups excluding tert-OH is 1. The number of aryl methyl sites for hydroxylation is 1. The standard InChI is InChI=1S/C22H25BrN2O4/c1-4-24(5-2)10-11-25-19(17-7-6-12-29-17)18(21(27)22(25)28)20(26)15-8-9-16(23)14(3)13-15/h6-9,12-13,19,26H,4-5,10-11H2,1-3H3/b20-18-. The van der Waals surface area contributed by atoms with Crippen LogP contribution in [0.15, 0.2) is 51.1 Å². The van der Waals surface area contributed by atoms with Crippen molar-refractivity contribution in [3.05, 3.63) is 63.5 Å². The molecule has 0 bridgehead atoms. The zero-order valence-corrected chi connectivity index (χ0v) is 18.4. The summed E-state index contributed by atoms with van der Waals surface area (Å²) in [5, 5.41) is 11.0. The molecule has 0 radical (unpaired) electrons. The summed E-state index contributed by atoms with van der Waals surface area (Å²) in [7, 11) is 0. The normalized spacial score (nSPS) is 18.8. The van der Waals surface area contributed by atoms with E-state index in [4.69, 9.17) is 4.42 Å². The molecule has 2 heterocycles. The summed E-state index contributed by atoms with van der Waals surface area (Å²) in [6, 6.07) is 7.99. The van der Waals surface area contributed by atoms with Crippen LogP contribution in [0.5, 0.6) is 0 Å². The molecule has 1 unspecified atom stereocenters. The first kappa shape index (κ1) is 21.3. The van der Waals surface area contributed by atoms with Crippen molar-refractivity contribution in [3.8, 4) is 0 Å². The molecule has 1 fully saturated rings. The Kier molecular flexibility index (Phi) is 6.59. The van der Waals surface area contributed by atoms with Crippen molar-refractivity contribution in [2.24, 2.45) is 0 Å². The highest BCUT2D eigenvalue weighted by Gasteiger charge is 2.47. The Morgan fingerprint density at radius 2 is 1.97 bits per heavy atom. The van der Waals surface area contributed by atoms with Gasteiger partial charge in [0, 0.05) is 23.1 Å². The molecule has 1 saturated heterocycles. The zero-order chi connectivity index (χ0) is 21.1. The van der Waals surface area contributed by atoms with Crippen molar-refractivity contribution in [1.82, 2.24) is 9.80 Å². The average Bonchev–Trinajstić information content (AvgIpc) is 3.32. The number of carbonyl (C=O) groups is 2. The van der Waals surface area contributed by atoms with Gasteiger partial charge in [-0.3, -0.25) is 9.59 Å². The van der Waals surface area contributed by atoms with Crippen molar-refractivity contribution in [3.63, 3.8) is 0 Å². The molecule has 6 nitrogen and oxygen atoms in total. The lowest BCUT2D eigenvalue weighted by atomic mass is 9.98. The third-order valence-electron chi connectivity index (χ3n) is 5.34. The van der Waals surface area contributed by atoms with Gasteiger partial charge in [-0.15, -0.1) is 0 Å². The molecule has 1 N–H and O–H groups in total. The number of benzene rings is 1. The molecular formula is C22H25BrN2O4. The van der Waals surface area contributed by atoms with Gasteiger partial charge in [0.1, 0.15) is 17.6 Å². The van der Waals surface area contributed by atoms with E-state index in [1.54, 1.807) is 24.3 Å². The van der Waals surface area contributed by atoms with Crippen molar-refractivity contribution in [2.45, 2.75) is 26.8 Å². The molecule has 1 atom stereocenters. The Morgan fingerprint density at radius 3 is 2.55 bits per heavy atom. The van der Waals surface area contributed by atoms with E-state index >= 15 is 0 Å². The second kappa shape index (κ2) is 8.97. The molecule has 3 rings (SSSR count). The van der Waals surface area contributed by atoms with E-state index in [1.165, 1.54) is 11.2 Å². The third-order valence-corrected chi connectivity index (χ3v) is 6.23. The van der Waals surface area contributed by atoms with E-state index in [2.05, 4.69) is 34.7 Å². The third kappa shape index (κ3) is 4.16. The number of hydrogen-bond acceptors (Lipinski definition) is 5. The number of amides is 1. The van der Waals surface area contributed by atoms with Crippen molar-refractivity contribution >= 4 is 33.4 Å². The molecule has 1 aliphatic rings. The fourth-order valence-corrected chi connectivity index (χ4v) is 3.84. The summed E-state index contributed by atoms with van der Waals surface area (Å²) < 4.78 is 6.45. The number of likely N-dealkylation sites (N-methyl/N-ethyl adjacent to an activating group) is 1. The van der Waals surface area contributed by atoms with E-state index in [9.17, 15) is 14.7 Å². The molecule has 0 saturated carbocycles. The van der Waals surface area contributed by atoms with Crippen molar-refractivity contribution in [1.29, 1.82) is 0 Å². The monoisotopic (exact) mass is 460 g/mol. The first-order chi connectivity index (χ1) is 13.9. The number of nitrogens with zero attached hydrogens (tertiary/aromatic N) is 2. The van der Waals surface area contributed by atoms with Crippen LogP contribution in [0.25, 0.3) is 5.76 Å². The maximum absolute atomic E-state index is 12.9.